The Kier molecular flexibility index (Phi) is 8.47. The second kappa shape index (κ2) is 10.6. The van der Waals surface area contributed by atoms with Crippen LogP contribution in [0.1, 0.15) is 52.0 Å². The standard InChI is InChI=1S/C20H32N2O5/c1-20(2,3)19(24)22-18-15(13-23)8-9-17(21-18)27-12-5-4-11-26-16-7-6-10-25-14-16/h8-9,16,23H,4-7,10-14H2,1-3H3,(H,21,22,24). The maximum atomic E-state index is 12.2. The zero-order chi connectivity index (χ0) is 19.7. The van der Waals surface area contributed by atoms with E-state index >= 15 is 0 Å². The fraction of sp³-hybridized carbons (Fsp3) is 0.700. The molecule has 0 saturated carbocycles. The molecule has 0 aliphatic carbocycles. The molecule has 1 aliphatic heterocycles. The minimum atomic E-state index is -0.547. The van der Waals surface area contributed by atoms with Crippen molar-refractivity contribution in [1.29, 1.82) is 0 Å². The van der Waals surface area contributed by atoms with Crippen LogP contribution < -0.4 is 10.1 Å². The largest absolute Gasteiger partial charge is 0.478 e. The number of ether oxygens (including phenoxy) is 3. The molecule has 7 heteroatoms. The minimum absolute atomic E-state index is 0.161. The molecular formula is C20H32N2O5. The first-order valence-electron chi connectivity index (χ1n) is 9.64. The van der Waals surface area contributed by atoms with Crippen LogP contribution in [0.25, 0.3) is 0 Å². The van der Waals surface area contributed by atoms with E-state index in [9.17, 15) is 9.90 Å². The van der Waals surface area contributed by atoms with Crippen molar-refractivity contribution in [3.8, 4) is 5.88 Å². The van der Waals surface area contributed by atoms with Gasteiger partial charge < -0.3 is 24.6 Å². The average Bonchev–Trinajstić information content (AvgIpc) is 2.65. The Hall–Kier alpha value is -1.70. The van der Waals surface area contributed by atoms with Gasteiger partial charge in [0.1, 0.15) is 5.82 Å². The molecule has 2 heterocycles. The molecule has 2 rings (SSSR count). The van der Waals surface area contributed by atoms with Gasteiger partial charge in [0.25, 0.3) is 0 Å². The Balaban J connectivity index is 1.75. The number of nitrogens with zero attached hydrogens (tertiary/aromatic N) is 1. The van der Waals surface area contributed by atoms with Gasteiger partial charge >= 0.3 is 0 Å². The molecule has 1 atom stereocenters. The molecule has 1 aromatic rings. The van der Waals surface area contributed by atoms with Gasteiger partial charge in [-0.25, -0.2) is 0 Å². The summed E-state index contributed by atoms with van der Waals surface area (Å²) in [6, 6.07) is 3.42. The Labute approximate surface area is 161 Å². The highest BCUT2D eigenvalue weighted by Crippen LogP contribution is 2.22. The molecule has 1 unspecified atom stereocenters. The van der Waals surface area contributed by atoms with Crippen LogP contribution in [0.15, 0.2) is 12.1 Å². The van der Waals surface area contributed by atoms with Crippen LogP contribution in [-0.2, 0) is 20.9 Å². The van der Waals surface area contributed by atoms with Crippen molar-refractivity contribution in [3.63, 3.8) is 0 Å². The van der Waals surface area contributed by atoms with Gasteiger partial charge in [-0.15, -0.1) is 0 Å². The normalized spacial score (nSPS) is 17.6. The molecular weight excluding hydrogens is 348 g/mol. The summed E-state index contributed by atoms with van der Waals surface area (Å²) in [7, 11) is 0. The van der Waals surface area contributed by atoms with Crippen molar-refractivity contribution in [3.05, 3.63) is 17.7 Å². The Morgan fingerprint density at radius 1 is 1.33 bits per heavy atom. The van der Waals surface area contributed by atoms with Gasteiger partial charge in [0.15, 0.2) is 0 Å². The molecule has 1 saturated heterocycles. The number of carbonyl (C=O) groups is 1. The summed E-state index contributed by atoms with van der Waals surface area (Å²) < 4.78 is 16.9. The number of pyridine rings is 1. The van der Waals surface area contributed by atoms with Gasteiger partial charge in [-0.3, -0.25) is 4.79 Å². The molecule has 152 valence electrons. The van der Waals surface area contributed by atoms with Gasteiger partial charge in [0.05, 0.1) is 25.9 Å². The molecule has 1 fully saturated rings. The summed E-state index contributed by atoms with van der Waals surface area (Å²) >= 11 is 0. The number of hydrogen-bond acceptors (Lipinski definition) is 6. The lowest BCUT2D eigenvalue weighted by Gasteiger charge is -2.22. The van der Waals surface area contributed by atoms with Crippen LogP contribution in [0, 0.1) is 5.41 Å². The predicted octanol–water partition coefficient (Wildman–Crippen LogP) is 2.91. The van der Waals surface area contributed by atoms with Gasteiger partial charge in [-0.1, -0.05) is 20.8 Å². The quantitative estimate of drug-likeness (QED) is 0.640. The van der Waals surface area contributed by atoms with Crippen LogP contribution >= 0.6 is 0 Å². The maximum Gasteiger partial charge on any atom is 0.230 e. The summed E-state index contributed by atoms with van der Waals surface area (Å²) in [5.74, 6) is 0.610. The van der Waals surface area contributed by atoms with Crippen molar-refractivity contribution in [2.45, 2.75) is 59.2 Å². The highest BCUT2D eigenvalue weighted by molar-refractivity contribution is 5.94. The first-order chi connectivity index (χ1) is 12.9. The number of anilines is 1. The summed E-state index contributed by atoms with van der Waals surface area (Å²) in [5.41, 5.74) is 0.0114. The number of nitrogens with one attached hydrogen (secondary N) is 1. The molecule has 1 amide bonds. The highest BCUT2D eigenvalue weighted by atomic mass is 16.5. The Morgan fingerprint density at radius 2 is 2.11 bits per heavy atom. The Bertz CT molecular complexity index is 595. The molecule has 2 N–H and O–H groups in total. The number of aromatic nitrogens is 1. The number of aliphatic hydroxyl groups excluding tert-OH is 1. The lowest BCUT2D eigenvalue weighted by atomic mass is 9.95. The smallest absolute Gasteiger partial charge is 0.230 e. The number of aliphatic hydroxyl groups is 1. The number of hydrogen-bond donors (Lipinski definition) is 2. The van der Waals surface area contributed by atoms with E-state index < -0.39 is 5.41 Å². The molecule has 1 aromatic heterocycles. The maximum absolute atomic E-state index is 12.2. The van der Waals surface area contributed by atoms with Gasteiger partial charge in [-0.2, -0.15) is 4.98 Å². The van der Waals surface area contributed by atoms with Crippen LogP contribution in [0.2, 0.25) is 0 Å². The number of carbonyl (C=O) groups excluding carboxylic acids is 1. The molecule has 0 bridgehead atoms. The van der Waals surface area contributed by atoms with Crippen molar-refractivity contribution < 1.29 is 24.1 Å². The van der Waals surface area contributed by atoms with E-state index in [1.165, 1.54) is 0 Å². The first kappa shape index (κ1) is 21.6. The fourth-order valence-electron chi connectivity index (χ4n) is 2.55. The fourth-order valence-corrected chi connectivity index (χ4v) is 2.55. The topological polar surface area (TPSA) is 89.9 Å². The van der Waals surface area contributed by atoms with E-state index in [0.717, 1.165) is 32.3 Å². The van der Waals surface area contributed by atoms with Crippen LogP contribution in [-0.4, -0.2) is 48.5 Å². The second-order valence-electron chi connectivity index (χ2n) is 7.78. The van der Waals surface area contributed by atoms with Crippen molar-refractivity contribution in [2.24, 2.45) is 5.41 Å². The van der Waals surface area contributed by atoms with E-state index in [1.54, 1.807) is 12.1 Å². The second-order valence-corrected chi connectivity index (χ2v) is 7.78. The SMILES string of the molecule is CC(C)(C)C(=O)Nc1nc(OCCCCOC2CCCOC2)ccc1CO. The highest BCUT2D eigenvalue weighted by Gasteiger charge is 2.22. The van der Waals surface area contributed by atoms with E-state index in [2.05, 4.69) is 10.3 Å². The van der Waals surface area contributed by atoms with Crippen LogP contribution in [0.5, 0.6) is 5.88 Å². The van der Waals surface area contributed by atoms with Gasteiger partial charge in [0, 0.05) is 30.3 Å². The molecule has 0 spiro atoms. The van der Waals surface area contributed by atoms with E-state index in [0.29, 0.717) is 37.1 Å². The Morgan fingerprint density at radius 3 is 2.78 bits per heavy atom. The van der Waals surface area contributed by atoms with Crippen molar-refractivity contribution in [1.82, 2.24) is 4.98 Å². The van der Waals surface area contributed by atoms with E-state index in [1.807, 2.05) is 20.8 Å². The van der Waals surface area contributed by atoms with Crippen molar-refractivity contribution >= 4 is 11.7 Å². The molecule has 1 aliphatic rings. The van der Waals surface area contributed by atoms with Crippen LogP contribution in [0.3, 0.4) is 0 Å². The summed E-state index contributed by atoms with van der Waals surface area (Å²) in [6.07, 6.45) is 4.11. The third kappa shape index (κ3) is 7.44. The molecule has 27 heavy (non-hydrogen) atoms. The van der Waals surface area contributed by atoms with Crippen LogP contribution in [0.4, 0.5) is 5.82 Å². The lowest BCUT2D eigenvalue weighted by molar-refractivity contribution is -0.123. The zero-order valence-electron chi connectivity index (χ0n) is 16.6. The van der Waals surface area contributed by atoms with E-state index in [4.69, 9.17) is 14.2 Å². The third-order valence-corrected chi connectivity index (χ3v) is 4.30. The summed E-state index contributed by atoms with van der Waals surface area (Å²) in [5, 5.41) is 12.2. The third-order valence-electron chi connectivity index (χ3n) is 4.30. The number of unbranched alkanes of at least 4 members (excludes halogenated alkanes) is 1. The number of amides is 1. The summed E-state index contributed by atoms with van der Waals surface area (Å²) in [4.78, 5) is 16.5. The monoisotopic (exact) mass is 380 g/mol. The number of rotatable bonds is 9. The molecule has 0 radical (unpaired) electrons. The first-order valence-corrected chi connectivity index (χ1v) is 9.64. The average molecular weight is 380 g/mol. The predicted molar refractivity (Wildman–Crippen MR) is 103 cm³/mol. The minimum Gasteiger partial charge on any atom is -0.478 e. The van der Waals surface area contributed by atoms with Gasteiger partial charge in [-0.05, 0) is 31.7 Å². The van der Waals surface area contributed by atoms with Gasteiger partial charge in [0.2, 0.25) is 11.8 Å². The molecule has 7 nitrogen and oxygen atoms in total. The zero-order valence-corrected chi connectivity index (χ0v) is 16.6. The van der Waals surface area contributed by atoms with Crippen molar-refractivity contribution in [2.75, 3.05) is 31.7 Å². The summed E-state index contributed by atoms with van der Waals surface area (Å²) in [6.45, 7) is 8.02. The lowest BCUT2D eigenvalue weighted by Crippen LogP contribution is -2.28. The van der Waals surface area contributed by atoms with E-state index in [-0.39, 0.29) is 18.6 Å². The molecule has 0 aromatic carbocycles.